The van der Waals surface area contributed by atoms with Crippen molar-refractivity contribution in [3.8, 4) is 0 Å². The summed E-state index contributed by atoms with van der Waals surface area (Å²) >= 11 is 0. The number of piperazine rings is 1. The fourth-order valence-corrected chi connectivity index (χ4v) is 3.33. The van der Waals surface area contributed by atoms with Crippen molar-refractivity contribution in [2.24, 2.45) is 0 Å². The van der Waals surface area contributed by atoms with E-state index in [1.807, 2.05) is 0 Å². The third-order valence-electron chi connectivity index (χ3n) is 4.55. The van der Waals surface area contributed by atoms with Crippen LogP contribution < -0.4 is 4.90 Å². The average Bonchev–Trinajstić information content (AvgIpc) is 2.47. The van der Waals surface area contributed by atoms with E-state index in [0.717, 1.165) is 12.5 Å². The lowest BCUT2D eigenvalue weighted by Gasteiger charge is -2.45. The van der Waals surface area contributed by atoms with Gasteiger partial charge in [-0.2, -0.15) is 0 Å². The molecule has 0 aliphatic carbocycles. The molecule has 1 unspecified atom stereocenters. The molecule has 0 N–H and O–H groups in total. The highest BCUT2D eigenvalue weighted by molar-refractivity contribution is 5.48. The van der Waals surface area contributed by atoms with Crippen molar-refractivity contribution in [3.05, 3.63) is 29.8 Å². The molecule has 2 aliphatic heterocycles. The van der Waals surface area contributed by atoms with Crippen molar-refractivity contribution in [2.45, 2.75) is 38.6 Å². The molecule has 2 saturated heterocycles. The quantitative estimate of drug-likeness (QED) is 0.789. The summed E-state index contributed by atoms with van der Waals surface area (Å²) in [6, 6.07) is 9.97. The number of hydrogen-bond acceptors (Lipinski definition) is 2. The number of rotatable bonds is 2. The molecular formula is C16H24N2. The van der Waals surface area contributed by atoms with Crippen molar-refractivity contribution >= 4 is 5.69 Å². The maximum atomic E-state index is 2.69. The molecule has 0 spiro atoms. The van der Waals surface area contributed by atoms with E-state index < -0.39 is 0 Å². The maximum absolute atomic E-state index is 2.69. The molecule has 18 heavy (non-hydrogen) atoms. The van der Waals surface area contributed by atoms with E-state index >= 15 is 0 Å². The molecule has 98 valence electrons. The van der Waals surface area contributed by atoms with Crippen LogP contribution in [0.4, 0.5) is 5.69 Å². The summed E-state index contributed by atoms with van der Waals surface area (Å²) in [5.74, 6) is 0. The Hall–Kier alpha value is -1.02. The molecule has 1 aromatic carbocycles. The Labute approximate surface area is 111 Å². The summed E-state index contributed by atoms with van der Waals surface area (Å²) in [5.41, 5.74) is 2.85. The molecule has 2 heterocycles. The summed E-state index contributed by atoms with van der Waals surface area (Å²) in [4.78, 5) is 5.27. The first-order valence-corrected chi connectivity index (χ1v) is 7.45. The summed E-state index contributed by atoms with van der Waals surface area (Å²) in [6.45, 7) is 7.22. The van der Waals surface area contributed by atoms with Crippen LogP contribution in [0.25, 0.3) is 0 Å². The first-order valence-electron chi connectivity index (χ1n) is 7.45. The van der Waals surface area contributed by atoms with Crippen LogP contribution in [0.3, 0.4) is 0 Å². The number of piperidine rings is 1. The second-order valence-electron chi connectivity index (χ2n) is 5.65. The molecule has 1 atom stereocenters. The van der Waals surface area contributed by atoms with Crippen molar-refractivity contribution in [1.82, 2.24) is 4.90 Å². The van der Waals surface area contributed by atoms with Gasteiger partial charge in [-0.15, -0.1) is 0 Å². The first-order chi connectivity index (χ1) is 8.86. The smallest absolute Gasteiger partial charge is 0.0367 e. The van der Waals surface area contributed by atoms with Gasteiger partial charge < -0.3 is 4.90 Å². The van der Waals surface area contributed by atoms with Crippen LogP contribution in [0, 0.1) is 0 Å². The Kier molecular flexibility index (Phi) is 3.55. The summed E-state index contributed by atoms with van der Waals surface area (Å²) < 4.78 is 0. The molecule has 3 rings (SSSR count). The van der Waals surface area contributed by atoms with Gasteiger partial charge in [0.15, 0.2) is 0 Å². The van der Waals surface area contributed by atoms with Gasteiger partial charge in [-0.1, -0.05) is 25.5 Å². The van der Waals surface area contributed by atoms with Crippen molar-refractivity contribution in [1.29, 1.82) is 0 Å². The molecule has 2 nitrogen and oxygen atoms in total. The van der Waals surface area contributed by atoms with Gasteiger partial charge in [-0.3, -0.25) is 4.90 Å². The summed E-state index contributed by atoms with van der Waals surface area (Å²) in [7, 11) is 0. The lowest BCUT2D eigenvalue weighted by atomic mass is 9.99. The van der Waals surface area contributed by atoms with Gasteiger partial charge in [0.2, 0.25) is 0 Å². The number of benzene rings is 1. The fraction of sp³-hybridized carbons (Fsp3) is 0.625. The van der Waals surface area contributed by atoms with Crippen LogP contribution in [0.5, 0.6) is 0 Å². The molecule has 2 fully saturated rings. The van der Waals surface area contributed by atoms with Gasteiger partial charge in [-0.05, 0) is 43.5 Å². The van der Waals surface area contributed by atoms with E-state index in [1.54, 1.807) is 0 Å². The van der Waals surface area contributed by atoms with Gasteiger partial charge in [-0.25, -0.2) is 0 Å². The zero-order chi connectivity index (χ0) is 12.4. The van der Waals surface area contributed by atoms with Gasteiger partial charge in [0.1, 0.15) is 0 Å². The van der Waals surface area contributed by atoms with Crippen LogP contribution in [-0.2, 0) is 6.42 Å². The normalized spacial score (nSPS) is 24.9. The van der Waals surface area contributed by atoms with E-state index in [0.29, 0.717) is 0 Å². The molecule has 2 heteroatoms. The highest BCUT2D eigenvalue weighted by Crippen LogP contribution is 2.25. The number of nitrogens with zero attached hydrogens (tertiary/aromatic N) is 2. The minimum Gasteiger partial charge on any atom is -0.369 e. The van der Waals surface area contributed by atoms with Gasteiger partial charge in [0, 0.05) is 31.4 Å². The van der Waals surface area contributed by atoms with E-state index in [1.165, 1.54) is 56.7 Å². The summed E-state index contributed by atoms with van der Waals surface area (Å²) in [5, 5.41) is 0. The first kappa shape index (κ1) is 12.0. The minimum absolute atomic E-state index is 0.804. The van der Waals surface area contributed by atoms with E-state index in [9.17, 15) is 0 Å². The molecule has 0 radical (unpaired) electrons. The Bertz CT molecular complexity index is 385. The molecule has 2 aliphatic rings. The zero-order valence-electron chi connectivity index (χ0n) is 11.4. The van der Waals surface area contributed by atoms with Crippen LogP contribution in [0.15, 0.2) is 24.3 Å². The van der Waals surface area contributed by atoms with Crippen LogP contribution >= 0.6 is 0 Å². The second kappa shape index (κ2) is 5.31. The SMILES string of the molecule is CCc1ccc(N2CCN3CCCCC3C2)cc1. The number of hydrogen-bond donors (Lipinski definition) is 0. The predicted octanol–water partition coefficient (Wildman–Crippen LogP) is 2.92. The van der Waals surface area contributed by atoms with Crippen LogP contribution in [-0.4, -0.2) is 37.1 Å². The lowest BCUT2D eigenvalue weighted by Crippen LogP contribution is -2.54. The Morgan fingerprint density at radius 2 is 1.89 bits per heavy atom. The number of fused-ring (bicyclic) bond motifs is 1. The predicted molar refractivity (Wildman–Crippen MR) is 77.2 cm³/mol. The van der Waals surface area contributed by atoms with Crippen molar-refractivity contribution in [2.75, 3.05) is 31.1 Å². The minimum atomic E-state index is 0.804. The highest BCUT2D eigenvalue weighted by Gasteiger charge is 2.28. The Morgan fingerprint density at radius 1 is 1.06 bits per heavy atom. The van der Waals surface area contributed by atoms with Gasteiger partial charge in [0.25, 0.3) is 0 Å². The highest BCUT2D eigenvalue weighted by atomic mass is 15.3. The topological polar surface area (TPSA) is 6.48 Å². The molecule has 0 saturated carbocycles. The molecular weight excluding hydrogens is 220 g/mol. The Morgan fingerprint density at radius 3 is 2.67 bits per heavy atom. The average molecular weight is 244 g/mol. The van der Waals surface area contributed by atoms with E-state index in [4.69, 9.17) is 0 Å². The molecule has 0 amide bonds. The van der Waals surface area contributed by atoms with E-state index in [-0.39, 0.29) is 0 Å². The molecule has 1 aromatic rings. The zero-order valence-corrected chi connectivity index (χ0v) is 11.4. The summed E-state index contributed by atoms with van der Waals surface area (Å²) in [6.07, 6.45) is 5.35. The largest absolute Gasteiger partial charge is 0.369 e. The van der Waals surface area contributed by atoms with Crippen molar-refractivity contribution in [3.63, 3.8) is 0 Å². The monoisotopic (exact) mass is 244 g/mol. The molecule has 0 bridgehead atoms. The van der Waals surface area contributed by atoms with E-state index in [2.05, 4.69) is 41.0 Å². The third-order valence-corrected chi connectivity index (χ3v) is 4.55. The van der Waals surface area contributed by atoms with Crippen LogP contribution in [0.2, 0.25) is 0 Å². The fourth-order valence-electron chi connectivity index (χ4n) is 3.33. The van der Waals surface area contributed by atoms with Gasteiger partial charge in [0.05, 0.1) is 0 Å². The number of anilines is 1. The van der Waals surface area contributed by atoms with Gasteiger partial charge >= 0.3 is 0 Å². The Balaban J connectivity index is 1.69. The lowest BCUT2D eigenvalue weighted by molar-refractivity contribution is 0.133. The maximum Gasteiger partial charge on any atom is 0.0367 e. The van der Waals surface area contributed by atoms with Crippen molar-refractivity contribution < 1.29 is 0 Å². The third kappa shape index (κ3) is 2.39. The standard InChI is InChI=1S/C16H24N2/c1-2-14-6-8-15(9-7-14)18-12-11-17-10-4-3-5-16(17)13-18/h6-9,16H,2-5,10-13H2,1H3. The molecule has 0 aromatic heterocycles. The number of aryl methyl sites for hydroxylation is 1. The second-order valence-corrected chi connectivity index (χ2v) is 5.65. The van der Waals surface area contributed by atoms with Crippen LogP contribution in [0.1, 0.15) is 31.7 Å².